The van der Waals surface area contributed by atoms with Gasteiger partial charge < -0.3 is 15.4 Å². The van der Waals surface area contributed by atoms with E-state index < -0.39 is 0 Å². The van der Waals surface area contributed by atoms with Gasteiger partial charge in [-0.2, -0.15) is 0 Å². The number of aromatic nitrogens is 2. The highest BCUT2D eigenvalue weighted by atomic mass is 32.1. The molecule has 0 fully saturated rings. The summed E-state index contributed by atoms with van der Waals surface area (Å²) in [5.74, 6) is 1.20. The van der Waals surface area contributed by atoms with E-state index >= 15 is 0 Å². The third-order valence-electron chi connectivity index (χ3n) is 4.63. The summed E-state index contributed by atoms with van der Waals surface area (Å²) in [7, 11) is 1.63. The topological polar surface area (TPSA) is 76.1 Å². The van der Waals surface area contributed by atoms with E-state index in [0.29, 0.717) is 17.4 Å². The number of amides is 1. The van der Waals surface area contributed by atoms with E-state index in [1.54, 1.807) is 13.3 Å². The van der Waals surface area contributed by atoms with Crippen LogP contribution in [0.3, 0.4) is 0 Å². The van der Waals surface area contributed by atoms with Gasteiger partial charge in [0, 0.05) is 18.4 Å². The van der Waals surface area contributed by atoms with Crippen LogP contribution in [-0.2, 0) is 6.42 Å². The maximum Gasteiger partial charge on any atom is 0.261 e. The highest BCUT2D eigenvalue weighted by Crippen LogP contribution is 2.27. The molecule has 2 N–H and O–H groups in total. The summed E-state index contributed by atoms with van der Waals surface area (Å²) >= 11 is 1.41. The number of ether oxygens (including phenoxy) is 1. The Bertz CT molecular complexity index is 1140. The van der Waals surface area contributed by atoms with Gasteiger partial charge in [0.15, 0.2) is 0 Å². The molecule has 6 nitrogen and oxygen atoms in total. The van der Waals surface area contributed by atoms with Crippen molar-refractivity contribution < 1.29 is 9.53 Å². The van der Waals surface area contributed by atoms with Gasteiger partial charge in [-0.1, -0.05) is 30.3 Å². The highest BCUT2D eigenvalue weighted by molar-refractivity contribution is 7.17. The number of rotatable bonds is 8. The molecule has 7 heteroatoms. The van der Waals surface area contributed by atoms with Crippen LogP contribution in [0.15, 0.2) is 79.0 Å². The fraction of sp³-hybridized carbons (Fsp3) is 0.125. The van der Waals surface area contributed by atoms with Gasteiger partial charge in [-0.05, 0) is 54.4 Å². The van der Waals surface area contributed by atoms with Gasteiger partial charge in [0.2, 0.25) is 5.95 Å². The first-order valence-corrected chi connectivity index (χ1v) is 10.7. The van der Waals surface area contributed by atoms with E-state index in [2.05, 4.69) is 32.7 Å². The Morgan fingerprint density at radius 2 is 1.81 bits per heavy atom. The lowest BCUT2D eigenvalue weighted by molar-refractivity contribution is 0.0958. The number of nitrogens with one attached hydrogen (secondary N) is 2. The normalized spacial score (nSPS) is 10.5. The lowest BCUT2D eigenvalue weighted by atomic mass is 10.1. The molecule has 0 spiro atoms. The highest BCUT2D eigenvalue weighted by Gasteiger charge is 2.11. The second-order valence-electron chi connectivity index (χ2n) is 6.77. The maximum atomic E-state index is 12.5. The van der Waals surface area contributed by atoms with Gasteiger partial charge >= 0.3 is 0 Å². The largest absolute Gasteiger partial charge is 0.497 e. The monoisotopic (exact) mass is 430 g/mol. The van der Waals surface area contributed by atoms with E-state index in [9.17, 15) is 4.79 Å². The molecule has 2 aromatic carbocycles. The minimum atomic E-state index is -0.0715. The molecule has 4 aromatic rings. The first-order chi connectivity index (χ1) is 15.2. The summed E-state index contributed by atoms with van der Waals surface area (Å²) in [6, 6.07) is 23.2. The molecule has 0 aliphatic heterocycles. The minimum Gasteiger partial charge on any atom is -0.497 e. The Kier molecular flexibility index (Phi) is 6.54. The maximum absolute atomic E-state index is 12.5. The molecule has 0 radical (unpaired) electrons. The van der Waals surface area contributed by atoms with Crippen molar-refractivity contribution in [2.45, 2.75) is 6.42 Å². The number of nitrogens with zero attached hydrogens (tertiary/aromatic N) is 2. The zero-order valence-corrected chi connectivity index (χ0v) is 17.9. The molecular formula is C24H22N4O2S. The van der Waals surface area contributed by atoms with E-state index in [-0.39, 0.29) is 5.91 Å². The standard InChI is InChI=1S/C24H22N4O2S/c1-30-19-9-7-18(8-10-19)27-24-26-16-14-20(28-24)21-11-12-22(31-21)23(29)25-15-13-17-5-3-2-4-6-17/h2-12,14,16H,13,15H2,1H3,(H,25,29)(H,26,27,28). The Morgan fingerprint density at radius 3 is 2.58 bits per heavy atom. The number of hydrogen-bond acceptors (Lipinski definition) is 6. The predicted molar refractivity (Wildman–Crippen MR) is 124 cm³/mol. The van der Waals surface area contributed by atoms with Crippen molar-refractivity contribution in [2.24, 2.45) is 0 Å². The molecule has 0 saturated carbocycles. The Hall–Kier alpha value is -3.71. The van der Waals surface area contributed by atoms with Crippen LogP contribution in [0.1, 0.15) is 15.2 Å². The van der Waals surface area contributed by atoms with Crippen molar-refractivity contribution in [3.63, 3.8) is 0 Å². The molecule has 0 aliphatic carbocycles. The molecule has 0 unspecified atom stereocenters. The molecule has 0 saturated heterocycles. The zero-order valence-electron chi connectivity index (χ0n) is 17.0. The number of hydrogen-bond donors (Lipinski definition) is 2. The lowest BCUT2D eigenvalue weighted by Crippen LogP contribution is -2.24. The third kappa shape index (κ3) is 5.46. The van der Waals surface area contributed by atoms with Crippen molar-refractivity contribution in [1.82, 2.24) is 15.3 Å². The Morgan fingerprint density at radius 1 is 1.00 bits per heavy atom. The molecule has 2 heterocycles. The molecule has 31 heavy (non-hydrogen) atoms. The van der Waals surface area contributed by atoms with E-state index in [1.807, 2.05) is 60.7 Å². The number of benzene rings is 2. The van der Waals surface area contributed by atoms with Gasteiger partial charge in [0.25, 0.3) is 5.91 Å². The van der Waals surface area contributed by atoms with Gasteiger partial charge in [0.05, 0.1) is 22.6 Å². The van der Waals surface area contributed by atoms with Crippen LogP contribution in [0.2, 0.25) is 0 Å². The van der Waals surface area contributed by atoms with Crippen molar-refractivity contribution in [3.05, 3.63) is 89.4 Å². The average molecular weight is 431 g/mol. The number of methoxy groups -OCH3 is 1. The van der Waals surface area contributed by atoms with Crippen LogP contribution >= 0.6 is 11.3 Å². The Balaban J connectivity index is 1.38. The quantitative estimate of drug-likeness (QED) is 0.415. The minimum absolute atomic E-state index is 0.0715. The fourth-order valence-electron chi connectivity index (χ4n) is 3.01. The summed E-state index contributed by atoms with van der Waals surface area (Å²) in [4.78, 5) is 22.9. The molecule has 0 bridgehead atoms. The van der Waals surface area contributed by atoms with Crippen molar-refractivity contribution in [3.8, 4) is 16.3 Å². The predicted octanol–water partition coefficient (Wildman–Crippen LogP) is 4.93. The first kappa shape index (κ1) is 20.6. The summed E-state index contributed by atoms with van der Waals surface area (Å²) in [6.45, 7) is 0.597. The zero-order chi connectivity index (χ0) is 21.5. The summed E-state index contributed by atoms with van der Waals surface area (Å²) in [5.41, 5.74) is 2.83. The second-order valence-corrected chi connectivity index (χ2v) is 7.86. The molecule has 4 rings (SSSR count). The van der Waals surface area contributed by atoms with Crippen molar-refractivity contribution >= 4 is 28.9 Å². The van der Waals surface area contributed by atoms with Crippen LogP contribution in [0, 0.1) is 0 Å². The van der Waals surface area contributed by atoms with Gasteiger partial charge in [-0.3, -0.25) is 4.79 Å². The van der Waals surface area contributed by atoms with Gasteiger partial charge in [0.1, 0.15) is 5.75 Å². The molecular weight excluding hydrogens is 408 g/mol. The molecule has 156 valence electrons. The van der Waals surface area contributed by atoms with E-state index in [1.165, 1.54) is 16.9 Å². The SMILES string of the molecule is COc1ccc(Nc2nccc(-c3ccc(C(=O)NCCc4ccccc4)s3)n2)cc1. The number of carbonyl (C=O) groups excluding carboxylic acids is 1. The summed E-state index contributed by atoms with van der Waals surface area (Å²) in [5, 5.41) is 6.17. The first-order valence-electron chi connectivity index (χ1n) is 9.88. The van der Waals surface area contributed by atoms with E-state index in [0.717, 1.165) is 28.4 Å². The number of thiophene rings is 1. The summed E-state index contributed by atoms with van der Waals surface area (Å²) in [6.07, 6.45) is 2.50. The van der Waals surface area contributed by atoms with E-state index in [4.69, 9.17) is 4.74 Å². The van der Waals surface area contributed by atoms with Gasteiger partial charge in [-0.25, -0.2) is 9.97 Å². The Labute approximate surface area is 185 Å². The van der Waals surface area contributed by atoms with Crippen LogP contribution < -0.4 is 15.4 Å². The average Bonchev–Trinajstić information content (AvgIpc) is 3.31. The smallest absolute Gasteiger partial charge is 0.261 e. The number of anilines is 2. The van der Waals surface area contributed by atoms with Crippen LogP contribution in [0.5, 0.6) is 5.75 Å². The van der Waals surface area contributed by atoms with Crippen molar-refractivity contribution in [2.75, 3.05) is 19.0 Å². The lowest BCUT2D eigenvalue weighted by Gasteiger charge is -2.07. The van der Waals surface area contributed by atoms with Crippen LogP contribution in [0.4, 0.5) is 11.6 Å². The van der Waals surface area contributed by atoms with Crippen LogP contribution in [-0.4, -0.2) is 29.5 Å². The second kappa shape index (κ2) is 9.86. The van der Waals surface area contributed by atoms with Gasteiger partial charge in [-0.15, -0.1) is 11.3 Å². The number of carbonyl (C=O) groups is 1. The molecule has 1 amide bonds. The fourth-order valence-corrected chi connectivity index (χ4v) is 3.90. The van der Waals surface area contributed by atoms with Crippen LogP contribution in [0.25, 0.3) is 10.6 Å². The molecule has 0 aliphatic rings. The van der Waals surface area contributed by atoms with Crippen molar-refractivity contribution in [1.29, 1.82) is 0 Å². The molecule has 0 atom stereocenters. The third-order valence-corrected chi connectivity index (χ3v) is 5.73. The summed E-state index contributed by atoms with van der Waals surface area (Å²) < 4.78 is 5.17. The molecule has 2 aromatic heterocycles.